The van der Waals surface area contributed by atoms with Gasteiger partial charge in [0, 0.05) is 0 Å². The average molecular weight is 655 g/mol. The molecular weight excluding hydrogens is 629 g/mol. The number of rotatable bonds is 7. The summed E-state index contributed by atoms with van der Waals surface area (Å²) in [6.07, 6.45) is -0.00420. The van der Waals surface area contributed by atoms with Gasteiger partial charge in [-0.1, -0.05) is 61.5 Å². The van der Waals surface area contributed by atoms with Crippen molar-refractivity contribution >= 4 is 64.0 Å². The first-order valence-corrected chi connectivity index (χ1v) is 14.9. The van der Waals surface area contributed by atoms with Gasteiger partial charge in [-0.3, -0.25) is 9.69 Å². The average Bonchev–Trinajstić information content (AvgIpc) is 3.59. The molecule has 45 heavy (non-hydrogen) atoms. The van der Waals surface area contributed by atoms with E-state index in [0.717, 1.165) is 11.1 Å². The highest BCUT2D eigenvalue weighted by atomic mass is 35.5. The van der Waals surface area contributed by atoms with Crippen LogP contribution in [0.1, 0.15) is 42.3 Å². The number of anilines is 2. The van der Waals surface area contributed by atoms with Crippen molar-refractivity contribution in [2.75, 3.05) is 16.0 Å². The SMILES string of the molecule is Cc1ccc(C(C)C)c(N2C(=O)CSC2=NC(=O)Nc2ccc(C=Cc3ncn(-c4ccc(OC(F)(F)F)cc4)n3)cc2Cl)c1. The first-order chi connectivity index (χ1) is 21.4. The molecule has 1 saturated heterocycles. The Morgan fingerprint density at radius 2 is 1.87 bits per heavy atom. The number of amides is 3. The number of carbonyl (C=O) groups is 2. The molecule has 14 heteroatoms. The molecule has 0 atom stereocenters. The lowest BCUT2D eigenvalue weighted by Crippen LogP contribution is -2.31. The van der Waals surface area contributed by atoms with Crippen molar-refractivity contribution in [1.29, 1.82) is 0 Å². The first-order valence-electron chi connectivity index (χ1n) is 13.6. The fraction of sp³-hybridized carbons (Fsp3) is 0.194. The molecule has 1 fully saturated rings. The van der Waals surface area contributed by atoms with Gasteiger partial charge in [0.2, 0.25) is 5.91 Å². The maximum Gasteiger partial charge on any atom is 0.573 e. The summed E-state index contributed by atoms with van der Waals surface area (Å²) >= 11 is 7.64. The van der Waals surface area contributed by atoms with Gasteiger partial charge in [-0.2, -0.15) is 4.99 Å². The molecule has 0 bridgehead atoms. The minimum atomic E-state index is -4.77. The van der Waals surface area contributed by atoms with E-state index in [4.69, 9.17) is 11.6 Å². The van der Waals surface area contributed by atoms with E-state index in [1.807, 2.05) is 39.0 Å². The highest BCUT2D eigenvalue weighted by Crippen LogP contribution is 2.34. The van der Waals surface area contributed by atoms with Crippen LogP contribution in [-0.2, 0) is 4.79 Å². The molecule has 0 aliphatic carbocycles. The minimum Gasteiger partial charge on any atom is -0.406 e. The zero-order valence-electron chi connectivity index (χ0n) is 24.2. The largest absolute Gasteiger partial charge is 0.573 e. The number of hydrogen-bond acceptors (Lipinski definition) is 6. The molecule has 5 rings (SSSR count). The van der Waals surface area contributed by atoms with Gasteiger partial charge in [0.15, 0.2) is 11.0 Å². The van der Waals surface area contributed by atoms with E-state index in [1.165, 1.54) is 51.9 Å². The maximum absolute atomic E-state index is 12.9. The lowest BCUT2D eigenvalue weighted by atomic mass is 9.99. The number of aromatic nitrogens is 3. The maximum atomic E-state index is 12.9. The zero-order chi connectivity index (χ0) is 32.3. The predicted molar refractivity (Wildman–Crippen MR) is 170 cm³/mol. The van der Waals surface area contributed by atoms with Crippen LogP contribution in [0.5, 0.6) is 5.75 Å². The van der Waals surface area contributed by atoms with Gasteiger partial charge in [-0.05, 0) is 78.1 Å². The Balaban J connectivity index is 1.25. The number of amidine groups is 1. The molecule has 1 aliphatic heterocycles. The van der Waals surface area contributed by atoms with Gasteiger partial charge in [0.25, 0.3) is 0 Å². The number of benzene rings is 3. The van der Waals surface area contributed by atoms with Gasteiger partial charge >= 0.3 is 12.4 Å². The number of urea groups is 1. The van der Waals surface area contributed by atoms with Crippen molar-refractivity contribution in [3.05, 3.63) is 94.5 Å². The molecule has 4 aromatic rings. The number of nitrogens with zero attached hydrogens (tertiary/aromatic N) is 5. The number of carbonyl (C=O) groups excluding carboxylic acids is 2. The van der Waals surface area contributed by atoms with Crippen LogP contribution in [0, 0.1) is 6.92 Å². The standard InChI is InChI=1S/C31H26ClF3N6O3S/c1-18(2)23-11-4-19(3)14-26(23)41-28(42)16-45-30(41)38-29(43)37-25-12-5-20(15-24(25)32)6-13-27-36-17-40(39-27)21-7-9-22(10-8-21)44-31(33,34)35/h4-15,17-18H,16H2,1-3H3,(H,37,43). The summed E-state index contributed by atoms with van der Waals surface area (Å²) in [5.74, 6) is 0.190. The number of ether oxygens (including phenoxy) is 1. The normalized spacial score (nSPS) is 14.6. The van der Waals surface area contributed by atoms with Crippen LogP contribution in [-0.4, -0.2) is 44.0 Å². The third kappa shape index (κ3) is 7.91. The van der Waals surface area contributed by atoms with Gasteiger partial charge in [0.1, 0.15) is 12.1 Å². The number of alkyl halides is 3. The van der Waals surface area contributed by atoms with Crippen LogP contribution in [0.25, 0.3) is 17.8 Å². The summed E-state index contributed by atoms with van der Waals surface area (Å²) in [4.78, 5) is 35.6. The Bertz CT molecular complexity index is 1810. The summed E-state index contributed by atoms with van der Waals surface area (Å²) in [5, 5.41) is 7.53. The van der Waals surface area contributed by atoms with E-state index in [9.17, 15) is 22.8 Å². The molecule has 0 radical (unpaired) electrons. The van der Waals surface area contributed by atoms with Gasteiger partial charge in [-0.15, -0.1) is 18.3 Å². The van der Waals surface area contributed by atoms with E-state index in [-0.39, 0.29) is 33.5 Å². The van der Waals surface area contributed by atoms with Crippen molar-refractivity contribution in [1.82, 2.24) is 14.8 Å². The van der Waals surface area contributed by atoms with Gasteiger partial charge in [-0.25, -0.2) is 14.5 Å². The number of thioether (sulfide) groups is 1. The molecule has 2 heterocycles. The lowest BCUT2D eigenvalue weighted by Gasteiger charge is -2.22. The zero-order valence-corrected chi connectivity index (χ0v) is 25.7. The van der Waals surface area contributed by atoms with Crippen LogP contribution in [0.4, 0.5) is 29.3 Å². The van der Waals surface area contributed by atoms with Crippen molar-refractivity contribution in [2.45, 2.75) is 33.1 Å². The Labute approximate surface area is 265 Å². The molecule has 0 unspecified atom stereocenters. The van der Waals surface area contributed by atoms with Crippen LogP contribution in [0.2, 0.25) is 5.02 Å². The molecular formula is C31H26ClF3N6O3S. The molecule has 3 aromatic carbocycles. The number of hydrogen-bond donors (Lipinski definition) is 1. The van der Waals surface area contributed by atoms with E-state index in [1.54, 1.807) is 30.4 Å². The molecule has 1 aromatic heterocycles. The smallest absolute Gasteiger partial charge is 0.406 e. The molecule has 0 saturated carbocycles. The minimum absolute atomic E-state index is 0.152. The molecule has 232 valence electrons. The van der Waals surface area contributed by atoms with Crippen LogP contribution >= 0.6 is 23.4 Å². The quantitative estimate of drug-likeness (QED) is 0.216. The Hall–Kier alpha value is -4.62. The highest BCUT2D eigenvalue weighted by molar-refractivity contribution is 8.15. The van der Waals surface area contributed by atoms with Crippen molar-refractivity contribution in [2.24, 2.45) is 4.99 Å². The molecule has 3 amide bonds. The van der Waals surface area contributed by atoms with Crippen LogP contribution in [0.3, 0.4) is 0 Å². The highest BCUT2D eigenvalue weighted by Gasteiger charge is 2.33. The van der Waals surface area contributed by atoms with Gasteiger partial charge in [0.05, 0.1) is 27.8 Å². The van der Waals surface area contributed by atoms with Crippen LogP contribution in [0.15, 0.2) is 72.0 Å². The molecule has 9 nitrogen and oxygen atoms in total. The second-order valence-electron chi connectivity index (χ2n) is 10.2. The summed E-state index contributed by atoms with van der Waals surface area (Å²) < 4.78 is 42.5. The summed E-state index contributed by atoms with van der Waals surface area (Å²) in [5.41, 5.74) is 4.20. The summed E-state index contributed by atoms with van der Waals surface area (Å²) in [6, 6.07) is 15.4. The number of halogens is 4. The second kappa shape index (κ2) is 13.2. The van der Waals surface area contributed by atoms with E-state index >= 15 is 0 Å². The third-order valence-electron chi connectivity index (χ3n) is 6.52. The van der Waals surface area contributed by atoms with E-state index < -0.39 is 12.4 Å². The monoisotopic (exact) mass is 654 g/mol. The lowest BCUT2D eigenvalue weighted by molar-refractivity contribution is -0.274. The second-order valence-corrected chi connectivity index (χ2v) is 11.6. The van der Waals surface area contributed by atoms with E-state index in [2.05, 4.69) is 25.1 Å². The number of nitrogens with one attached hydrogen (secondary N) is 1. The summed E-state index contributed by atoms with van der Waals surface area (Å²) in [6.45, 7) is 6.02. The third-order valence-corrected chi connectivity index (χ3v) is 7.75. The molecule has 0 spiro atoms. The Kier molecular flexibility index (Phi) is 9.30. The summed E-state index contributed by atoms with van der Waals surface area (Å²) in [7, 11) is 0. The fourth-order valence-electron chi connectivity index (χ4n) is 4.43. The number of aryl methyl sites for hydroxylation is 1. The molecule has 1 aliphatic rings. The van der Waals surface area contributed by atoms with Crippen molar-refractivity contribution < 1.29 is 27.5 Å². The van der Waals surface area contributed by atoms with Crippen LogP contribution < -0.4 is 15.0 Å². The number of aliphatic imine (C=N–C) groups is 1. The van der Waals surface area contributed by atoms with Crippen molar-refractivity contribution in [3.8, 4) is 11.4 Å². The van der Waals surface area contributed by atoms with Gasteiger partial charge < -0.3 is 10.1 Å². The Morgan fingerprint density at radius 1 is 1.11 bits per heavy atom. The molecule has 1 N–H and O–H groups in total. The first kappa shape index (κ1) is 31.8. The fourth-order valence-corrected chi connectivity index (χ4v) is 5.53. The van der Waals surface area contributed by atoms with E-state index in [0.29, 0.717) is 28.5 Å². The predicted octanol–water partition coefficient (Wildman–Crippen LogP) is 8.09. The Morgan fingerprint density at radius 3 is 2.56 bits per heavy atom. The topological polar surface area (TPSA) is 102 Å². The van der Waals surface area contributed by atoms with Crippen molar-refractivity contribution in [3.63, 3.8) is 0 Å².